The maximum atomic E-state index is 5.99. The van der Waals surface area contributed by atoms with Gasteiger partial charge >= 0.3 is 0 Å². The predicted octanol–water partition coefficient (Wildman–Crippen LogP) is 1.87. The molecule has 28 heavy (non-hydrogen) atoms. The van der Waals surface area contributed by atoms with Crippen molar-refractivity contribution in [1.82, 2.24) is 10.3 Å². The number of hydrogen-bond donors (Lipinski definition) is 2. The molecule has 1 aliphatic heterocycles. The van der Waals surface area contributed by atoms with Crippen LogP contribution in [-0.4, -0.2) is 44.5 Å². The molecule has 0 bridgehead atoms. The first-order valence-electron chi connectivity index (χ1n) is 9.12. The van der Waals surface area contributed by atoms with Crippen LogP contribution in [0.2, 0.25) is 0 Å². The molecule has 3 N–H and O–H groups in total. The third-order valence-electron chi connectivity index (χ3n) is 4.33. The minimum atomic E-state index is 0.0730. The van der Waals surface area contributed by atoms with Crippen molar-refractivity contribution in [3.05, 3.63) is 47.7 Å². The van der Waals surface area contributed by atoms with Crippen LogP contribution in [0.4, 0.5) is 0 Å². The summed E-state index contributed by atoms with van der Waals surface area (Å²) >= 11 is 0. The fourth-order valence-corrected chi connectivity index (χ4v) is 2.81. The molecular weight excluding hydrogens is 360 g/mol. The molecule has 1 aromatic carbocycles. The maximum Gasteiger partial charge on any atom is 0.213 e. The van der Waals surface area contributed by atoms with Crippen LogP contribution >= 0.6 is 0 Å². The summed E-state index contributed by atoms with van der Waals surface area (Å²) in [4.78, 5) is 8.62. The molecule has 0 saturated carbocycles. The molecule has 8 nitrogen and oxygen atoms in total. The highest BCUT2D eigenvalue weighted by molar-refractivity contribution is 5.77. The molecule has 8 heteroatoms. The largest absolute Gasteiger partial charge is 0.493 e. The molecule has 1 aliphatic rings. The van der Waals surface area contributed by atoms with E-state index in [-0.39, 0.29) is 6.10 Å². The lowest BCUT2D eigenvalue weighted by atomic mass is 10.2. The van der Waals surface area contributed by atoms with Crippen LogP contribution in [-0.2, 0) is 17.8 Å². The number of nitrogens with two attached hydrogens (primary N) is 1. The molecule has 2 heterocycles. The lowest BCUT2D eigenvalue weighted by molar-refractivity contribution is 0.138. The minimum Gasteiger partial charge on any atom is -0.493 e. The van der Waals surface area contributed by atoms with Crippen LogP contribution in [0, 0.1) is 0 Å². The Morgan fingerprint density at radius 3 is 2.82 bits per heavy atom. The Morgan fingerprint density at radius 1 is 1.21 bits per heavy atom. The zero-order chi connectivity index (χ0) is 19.8. The van der Waals surface area contributed by atoms with Gasteiger partial charge in [-0.05, 0) is 29.3 Å². The first kappa shape index (κ1) is 19.8. The van der Waals surface area contributed by atoms with Gasteiger partial charge in [0.15, 0.2) is 17.5 Å². The lowest BCUT2D eigenvalue weighted by Crippen LogP contribution is -2.31. The van der Waals surface area contributed by atoms with E-state index in [4.69, 9.17) is 24.7 Å². The number of guanidine groups is 1. The normalized spacial score (nSPS) is 16.6. The number of rotatable bonds is 8. The Kier molecular flexibility index (Phi) is 6.91. The summed E-state index contributed by atoms with van der Waals surface area (Å²) in [5.41, 5.74) is 7.97. The SMILES string of the molecule is COc1ccc(CN=C(N)NCc2ccnc(OC3CCOC3)c2)cc1OC. The number of methoxy groups -OCH3 is 2. The van der Waals surface area contributed by atoms with E-state index in [0.717, 1.165) is 24.2 Å². The quantitative estimate of drug-likeness (QED) is 0.528. The second kappa shape index (κ2) is 9.80. The fraction of sp³-hybridized carbons (Fsp3) is 0.400. The summed E-state index contributed by atoms with van der Waals surface area (Å²) in [6.45, 7) is 2.31. The Hall–Kier alpha value is -3.00. The van der Waals surface area contributed by atoms with E-state index in [9.17, 15) is 0 Å². The number of nitrogens with zero attached hydrogens (tertiary/aromatic N) is 2. The first-order valence-corrected chi connectivity index (χ1v) is 9.12. The van der Waals surface area contributed by atoms with Crippen molar-refractivity contribution in [3.63, 3.8) is 0 Å². The van der Waals surface area contributed by atoms with Crippen molar-refractivity contribution in [2.75, 3.05) is 27.4 Å². The zero-order valence-corrected chi connectivity index (χ0v) is 16.2. The van der Waals surface area contributed by atoms with Crippen molar-refractivity contribution in [2.45, 2.75) is 25.6 Å². The van der Waals surface area contributed by atoms with Crippen LogP contribution < -0.4 is 25.3 Å². The number of pyridine rings is 1. The molecule has 3 rings (SSSR count). The summed E-state index contributed by atoms with van der Waals surface area (Å²) in [5.74, 6) is 2.30. The molecule has 1 fully saturated rings. The smallest absolute Gasteiger partial charge is 0.213 e. The molecule has 1 aromatic heterocycles. The number of aromatic nitrogens is 1. The number of nitrogens with one attached hydrogen (secondary N) is 1. The predicted molar refractivity (Wildman–Crippen MR) is 106 cm³/mol. The van der Waals surface area contributed by atoms with Crippen LogP contribution in [0.15, 0.2) is 41.5 Å². The van der Waals surface area contributed by atoms with Crippen molar-refractivity contribution in [1.29, 1.82) is 0 Å². The Morgan fingerprint density at radius 2 is 2.07 bits per heavy atom. The molecule has 1 unspecified atom stereocenters. The van der Waals surface area contributed by atoms with Gasteiger partial charge in [-0.2, -0.15) is 0 Å². The summed E-state index contributed by atoms with van der Waals surface area (Å²) in [7, 11) is 3.21. The summed E-state index contributed by atoms with van der Waals surface area (Å²) in [6.07, 6.45) is 2.68. The van der Waals surface area contributed by atoms with Gasteiger partial charge in [0, 0.05) is 25.2 Å². The van der Waals surface area contributed by atoms with Crippen LogP contribution in [0.25, 0.3) is 0 Å². The maximum absolute atomic E-state index is 5.99. The molecule has 2 aromatic rings. The van der Waals surface area contributed by atoms with E-state index in [1.165, 1.54) is 0 Å². The second-order valence-electron chi connectivity index (χ2n) is 6.35. The van der Waals surface area contributed by atoms with Gasteiger partial charge in [0.05, 0.1) is 34.0 Å². The molecule has 0 amide bonds. The zero-order valence-electron chi connectivity index (χ0n) is 16.2. The van der Waals surface area contributed by atoms with E-state index in [2.05, 4.69) is 15.3 Å². The van der Waals surface area contributed by atoms with Gasteiger partial charge in [0.1, 0.15) is 6.10 Å². The van der Waals surface area contributed by atoms with E-state index in [1.807, 2.05) is 30.3 Å². The first-order chi connectivity index (χ1) is 13.7. The fourth-order valence-electron chi connectivity index (χ4n) is 2.81. The second-order valence-corrected chi connectivity index (χ2v) is 6.35. The van der Waals surface area contributed by atoms with Crippen LogP contribution in [0.5, 0.6) is 17.4 Å². The average molecular weight is 386 g/mol. The summed E-state index contributed by atoms with van der Waals surface area (Å²) in [5, 5.41) is 3.10. The van der Waals surface area contributed by atoms with Crippen LogP contribution in [0.3, 0.4) is 0 Å². The van der Waals surface area contributed by atoms with Gasteiger partial charge in [-0.1, -0.05) is 6.07 Å². The molecular formula is C20H26N4O4. The van der Waals surface area contributed by atoms with Gasteiger partial charge < -0.3 is 30.0 Å². The van der Waals surface area contributed by atoms with Crippen molar-refractivity contribution < 1.29 is 18.9 Å². The van der Waals surface area contributed by atoms with Gasteiger partial charge in [-0.25, -0.2) is 9.98 Å². The molecule has 1 saturated heterocycles. The van der Waals surface area contributed by atoms with Crippen molar-refractivity contribution in [3.8, 4) is 17.4 Å². The van der Waals surface area contributed by atoms with Gasteiger partial charge in [-0.3, -0.25) is 0 Å². The standard InChI is InChI=1S/C20H26N4O4/c1-25-17-4-3-14(9-18(17)26-2)11-23-20(21)24-12-15-5-7-22-19(10-15)28-16-6-8-27-13-16/h3-5,7,9-10,16H,6,8,11-13H2,1-2H3,(H3,21,23,24). The Labute approximate surface area is 164 Å². The van der Waals surface area contributed by atoms with Crippen molar-refractivity contribution >= 4 is 5.96 Å². The van der Waals surface area contributed by atoms with Gasteiger partial charge in [-0.15, -0.1) is 0 Å². The number of hydrogen-bond acceptors (Lipinski definition) is 6. The Balaban J connectivity index is 1.52. The third kappa shape index (κ3) is 5.50. The van der Waals surface area contributed by atoms with Gasteiger partial charge in [0.2, 0.25) is 5.88 Å². The molecule has 1 atom stereocenters. The number of ether oxygens (including phenoxy) is 4. The molecule has 0 aliphatic carbocycles. The van der Waals surface area contributed by atoms with E-state index < -0.39 is 0 Å². The summed E-state index contributed by atoms with van der Waals surface area (Å²) in [6, 6.07) is 9.47. The average Bonchev–Trinajstić information content (AvgIpc) is 3.23. The molecule has 0 spiro atoms. The monoisotopic (exact) mass is 386 g/mol. The topological polar surface area (TPSA) is 100 Å². The van der Waals surface area contributed by atoms with Crippen molar-refractivity contribution in [2.24, 2.45) is 10.7 Å². The highest BCUT2D eigenvalue weighted by Crippen LogP contribution is 2.27. The minimum absolute atomic E-state index is 0.0730. The molecule has 150 valence electrons. The highest BCUT2D eigenvalue weighted by atomic mass is 16.5. The van der Waals surface area contributed by atoms with Crippen LogP contribution in [0.1, 0.15) is 17.5 Å². The number of benzene rings is 1. The highest BCUT2D eigenvalue weighted by Gasteiger charge is 2.17. The molecule has 0 radical (unpaired) electrons. The number of aliphatic imine (C=N–C) groups is 1. The Bertz CT molecular complexity index is 807. The van der Waals surface area contributed by atoms with E-state index >= 15 is 0 Å². The lowest BCUT2D eigenvalue weighted by Gasteiger charge is -2.12. The van der Waals surface area contributed by atoms with Gasteiger partial charge in [0.25, 0.3) is 0 Å². The van der Waals surface area contributed by atoms with E-state index in [0.29, 0.717) is 43.0 Å². The summed E-state index contributed by atoms with van der Waals surface area (Å²) < 4.78 is 21.7. The van der Waals surface area contributed by atoms with E-state index in [1.54, 1.807) is 20.4 Å². The third-order valence-corrected chi connectivity index (χ3v) is 4.33.